The minimum absolute atomic E-state index is 0.0601. The highest BCUT2D eigenvalue weighted by Crippen LogP contribution is 2.41. The number of hydrogen-bond donors (Lipinski definition) is 2. The molecule has 2 N–H and O–H groups in total. The van der Waals surface area contributed by atoms with Crippen LogP contribution in [0.3, 0.4) is 0 Å². The maximum atomic E-state index is 12.7. The van der Waals surface area contributed by atoms with Crippen molar-refractivity contribution in [3.8, 4) is 0 Å². The van der Waals surface area contributed by atoms with E-state index in [-0.39, 0.29) is 23.7 Å². The molecule has 0 saturated heterocycles. The Balaban J connectivity index is 1.65. The minimum atomic E-state index is -0.251. The van der Waals surface area contributed by atoms with E-state index in [0.29, 0.717) is 12.3 Å². The van der Waals surface area contributed by atoms with Crippen LogP contribution in [0.4, 0.5) is 11.4 Å². The molecule has 0 radical (unpaired) electrons. The van der Waals surface area contributed by atoms with Gasteiger partial charge in [-0.3, -0.25) is 9.59 Å². The molecular weight excluding hydrogens is 336 g/mol. The summed E-state index contributed by atoms with van der Waals surface area (Å²) < 4.78 is 0. The molecule has 3 rings (SSSR count). The Morgan fingerprint density at radius 1 is 1.00 bits per heavy atom. The van der Waals surface area contributed by atoms with E-state index in [9.17, 15) is 9.59 Å². The molecule has 2 aromatic carbocycles. The summed E-state index contributed by atoms with van der Waals surface area (Å²) in [5.74, 6) is -0.302. The molecule has 2 atom stereocenters. The van der Waals surface area contributed by atoms with Gasteiger partial charge in [0, 0.05) is 11.4 Å². The molecule has 1 aliphatic carbocycles. The van der Waals surface area contributed by atoms with Crippen LogP contribution in [0.25, 0.3) is 0 Å². The summed E-state index contributed by atoms with van der Waals surface area (Å²) in [7, 11) is 0. The second-order valence-electron chi connectivity index (χ2n) is 7.63. The van der Waals surface area contributed by atoms with Gasteiger partial charge in [0.25, 0.3) is 0 Å². The molecule has 0 bridgehead atoms. The number of anilines is 2. The van der Waals surface area contributed by atoms with Crippen LogP contribution in [-0.2, 0) is 16.0 Å². The summed E-state index contributed by atoms with van der Waals surface area (Å²) in [5.41, 5.74) is 5.01. The Morgan fingerprint density at radius 2 is 1.67 bits per heavy atom. The molecule has 142 valence electrons. The zero-order valence-electron chi connectivity index (χ0n) is 16.5. The number of amides is 2. The zero-order chi connectivity index (χ0) is 19.6. The van der Waals surface area contributed by atoms with Gasteiger partial charge in [-0.05, 0) is 48.4 Å². The summed E-state index contributed by atoms with van der Waals surface area (Å²) in [5, 5.41) is 6.07. The van der Waals surface area contributed by atoms with E-state index in [1.807, 2.05) is 49.4 Å². The summed E-state index contributed by atoms with van der Waals surface area (Å²) in [4.78, 5) is 25.3. The predicted octanol–water partition coefficient (Wildman–Crippen LogP) is 4.89. The molecule has 0 aliphatic heterocycles. The van der Waals surface area contributed by atoms with Crippen LogP contribution < -0.4 is 10.6 Å². The number of hydrogen-bond acceptors (Lipinski definition) is 2. The predicted molar refractivity (Wildman–Crippen MR) is 110 cm³/mol. The first-order chi connectivity index (χ1) is 12.9. The van der Waals surface area contributed by atoms with E-state index < -0.39 is 0 Å². The van der Waals surface area contributed by atoms with Crippen LogP contribution in [0.15, 0.2) is 42.5 Å². The molecule has 1 fully saturated rings. The molecule has 4 heteroatoms. The average Bonchev–Trinajstić information content (AvgIpc) is 3.44. The van der Waals surface area contributed by atoms with E-state index in [2.05, 4.69) is 31.4 Å². The van der Waals surface area contributed by atoms with Crippen LogP contribution in [0.1, 0.15) is 49.8 Å². The SMILES string of the molecule is CCc1ccccc1NC(=O)C1CC1C(=O)Nc1c(C)cccc1C(C)C. The first-order valence-corrected chi connectivity index (χ1v) is 9.71. The standard InChI is InChI=1S/C23H28N2O2/c1-5-16-10-6-7-12-20(16)24-22(26)18-13-19(18)23(27)25-21-15(4)9-8-11-17(21)14(2)3/h6-12,14,18-19H,5,13H2,1-4H3,(H,24,26)(H,25,27). The maximum absolute atomic E-state index is 12.7. The number of carbonyl (C=O) groups excluding carboxylic acids is 2. The highest BCUT2D eigenvalue weighted by atomic mass is 16.2. The summed E-state index contributed by atoms with van der Waals surface area (Å²) in [6.45, 7) is 8.29. The third kappa shape index (κ3) is 4.21. The number of carbonyl (C=O) groups is 2. The second kappa shape index (κ2) is 7.95. The Labute approximate surface area is 161 Å². The molecule has 0 spiro atoms. The lowest BCUT2D eigenvalue weighted by Crippen LogP contribution is -2.22. The van der Waals surface area contributed by atoms with Crippen LogP contribution in [0, 0.1) is 18.8 Å². The van der Waals surface area contributed by atoms with E-state index in [0.717, 1.165) is 34.5 Å². The highest BCUT2D eigenvalue weighted by molar-refractivity contribution is 6.04. The fourth-order valence-corrected chi connectivity index (χ4v) is 3.51. The number of rotatable bonds is 6. The quantitative estimate of drug-likeness (QED) is 0.766. The molecular formula is C23H28N2O2. The van der Waals surface area contributed by atoms with Gasteiger partial charge in [-0.25, -0.2) is 0 Å². The molecule has 1 saturated carbocycles. The first kappa shape index (κ1) is 19.2. The molecule has 0 aromatic heterocycles. The number of nitrogens with one attached hydrogen (secondary N) is 2. The van der Waals surface area contributed by atoms with Gasteiger partial charge < -0.3 is 10.6 Å². The van der Waals surface area contributed by atoms with Gasteiger partial charge in [0.15, 0.2) is 0 Å². The molecule has 27 heavy (non-hydrogen) atoms. The molecule has 1 aliphatic rings. The van der Waals surface area contributed by atoms with Crippen molar-refractivity contribution >= 4 is 23.2 Å². The average molecular weight is 364 g/mol. The van der Waals surface area contributed by atoms with Gasteiger partial charge in [-0.1, -0.05) is 57.2 Å². The topological polar surface area (TPSA) is 58.2 Å². The third-order valence-corrected chi connectivity index (χ3v) is 5.30. The van der Waals surface area contributed by atoms with Crippen molar-refractivity contribution in [3.05, 3.63) is 59.2 Å². The van der Waals surface area contributed by atoms with E-state index in [1.54, 1.807) is 0 Å². The van der Waals surface area contributed by atoms with Crippen molar-refractivity contribution in [1.29, 1.82) is 0 Å². The Hall–Kier alpha value is -2.62. The lowest BCUT2D eigenvalue weighted by molar-refractivity contribution is -0.122. The Morgan fingerprint density at radius 3 is 2.33 bits per heavy atom. The smallest absolute Gasteiger partial charge is 0.228 e. The van der Waals surface area contributed by atoms with Crippen molar-refractivity contribution in [2.24, 2.45) is 11.8 Å². The van der Waals surface area contributed by atoms with Gasteiger partial charge in [0.05, 0.1) is 11.8 Å². The van der Waals surface area contributed by atoms with Gasteiger partial charge in [0.1, 0.15) is 0 Å². The van der Waals surface area contributed by atoms with Crippen molar-refractivity contribution in [3.63, 3.8) is 0 Å². The van der Waals surface area contributed by atoms with Crippen molar-refractivity contribution < 1.29 is 9.59 Å². The van der Waals surface area contributed by atoms with Crippen LogP contribution in [0.5, 0.6) is 0 Å². The maximum Gasteiger partial charge on any atom is 0.228 e. The van der Waals surface area contributed by atoms with Crippen molar-refractivity contribution in [2.75, 3.05) is 10.6 Å². The number of aryl methyl sites for hydroxylation is 2. The largest absolute Gasteiger partial charge is 0.326 e. The van der Waals surface area contributed by atoms with Gasteiger partial charge in [0.2, 0.25) is 11.8 Å². The summed E-state index contributed by atoms with van der Waals surface area (Å²) in [6, 6.07) is 13.9. The zero-order valence-corrected chi connectivity index (χ0v) is 16.5. The highest BCUT2D eigenvalue weighted by Gasteiger charge is 2.48. The second-order valence-corrected chi connectivity index (χ2v) is 7.63. The number of benzene rings is 2. The van der Waals surface area contributed by atoms with Crippen LogP contribution in [0.2, 0.25) is 0 Å². The Bertz CT molecular complexity index is 857. The summed E-state index contributed by atoms with van der Waals surface area (Å²) >= 11 is 0. The van der Waals surface area contributed by atoms with Crippen molar-refractivity contribution in [1.82, 2.24) is 0 Å². The molecule has 2 unspecified atom stereocenters. The monoisotopic (exact) mass is 364 g/mol. The Kier molecular flexibility index (Phi) is 5.64. The lowest BCUT2D eigenvalue weighted by Gasteiger charge is -2.16. The van der Waals surface area contributed by atoms with Crippen molar-refractivity contribution in [2.45, 2.75) is 46.5 Å². The lowest BCUT2D eigenvalue weighted by atomic mass is 9.98. The molecule has 0 heterocycles. The third-order valence-electron chi connectivity index (χ3n) is 5.30. The van der Waals surface area contributed by atoms with Gasteiger partial charge in [-0.15, -0.1) is 0 Å². The van der Waals surface area contributed by atoms with Crippen LogP contribution >= 0.6 is 0 Å². The fraction of sp³-hybridized carbons (Fsp3) is 0.391. The molecule has 2 amide bonds. The number of para-hydroxylation sites is 2. The molecule has 4 nitrogen and oxygen atoms in total. The van der Waals surface area contributed by atoms with Crippen LogP contribution in [-0.4, -0.2) is 11.8 Å². The van der Waals surface area contributed by atoms with Gasteiger partial charge in [-0.2, -0.15) is 0 Å². The fourth-order valence-electron chi connectivity index (χ4n) is 3.51. The normalized spacial score (nSPS) is 18.3. The first-order valence-electron chi connectivity index (χ1n) is 9.71. The van der Waals surface area contributed by atoms with Gasteiger partial charge >= 0.3 is 0 Å². The van der Waals surface area contributed by atoms with E-state index >= 15 is 0 Å². The van der Waals surface area contributed by atoms with E-state index in [4.69, 9.17) is 0 Å². The minimum Gasteiger partial charge on any atom is -0.326 e. The van der Waals surface area contributed by atoms with E-state index in [1.165, 1.54) is 0 Å². The molecule has 2 aromatic rings. The summed E-state index contributed by atoms with van der Waals surface area (Å²) in [6.07, 6.45) is 1.46.